The van der Waals surface area contributed by atoms with E-state index in [1.807, 2.05) is 0 Å². The fourth-order valence-corrected chi connectivity index (χ4v) is 2.89. The molecule has 92 valence electrons. The van der Waals surface area contributed by atoms with Crippen LogP contribution in [0.3, 0.4) is 0 Å². The molecule has 0 saturated heterocycles. The number of rotatable bonds is 4. The molecule has 0 aliphatic heterocycles. The van der Waals surface area contributed by atoms with E-state index in [2.05, 4.69) is 19.2 Å². The minimum absolute atomic E-state index is 0.294. The van der Waals surface area contributed by atoms with E-state index < -0.39 is 5.97 Å². The largest absolute Gasteiger partial charge is 0.480 e. The molecule has 16 heavy (non-hydrogen) atoms. The Labute approximate surface area is 97.6 Å². The van der Waals surface area contributed by atoms with E-state index in [4.69, 9.17) is 0 Å². The lowest BCUT2D eigenvalue weighted by molar-refractivity contribution is -0.140. The van der Waals surface area contributed by atoms with E-state index in [-0.39, 0.29) is 6.04 Å². The summed E-state index contributed by atoms with van der Waals surface area (Å²) in [6.45, 7) is 4.54. The molecule has 2 N–H and O–H groups in total. The van der Waals surface area contributed by atoms with E-state index >= 15 is 0 Å². The van der Waals surface area contributed by atoms with Gasteiger partial charge in [-0.2, -0.15) is 0 Å². The maximum Gasteiger partial charge on any atom is 0.320 e. The van der Waals surface area contributed by atoms with Crippen LogP contribution in [0.25, 0.3) is 0 Å². The molecular weight excluding hydrogens is 202 g/mol. The number of carboxylic acids is 1. The van der Waals surface area contributed by atoms with E-state index in [1.54, 1.807) is 0 Å². The summed E-state index contributed by atoms with van der Waals surface area (Å²) < 4.78 is 0. The van der Waals surface area contributed by atoms with E-state index in [0.29, 0.717) is 17.9 Å². The van der Waals surface area contributed by atoms with Gasteiger partial charge in [0.2, 0.25) is 0 Å². The molecule has 2 rings (SSSR count). The predicted molar refractivity (Wildman–Crippen MR) is 63.3 cm³/mol. The van der Waals surface area contributed by atoms with Crippen molar-refractivity contribution >= 4 is 5.97 Å². The number of hydrogen-bond donors (Lipinski definition) is 2. The summed E-state index contributed by atoms with van der Waals surface area (Å²) in [6.07, 6.45) is 5.84. The van der Waals surface area contributed by atoms with Gasteiger partial charge < -0.3 is 10.4 Å². The summed E-state index contributed by atoms with van der Waals surface area (Å²) in [7, 11) is 0. The van der Waals surface area contributed by atoms with Crippen molar-refractivity contribution in [3.63, 3.8) is 0 Å². The third kappa shape index (κ3) is 2.57. The van der Waals surface area contributed by atoms with Crippen LogP contribution in [-0.2, 0) is 4.79 Å². The number of nitrogens with one attached hydrogen (secondary N) is 1. The fraction of sp³-hybridized carbons (Fsp3) is 0.923. The minimum atomic E-state index is -0.659. The molecule has 0 heterocycles. The molecule has 2 saturated carbocycles. The maximum absolute atomic E-state index is 11.2. The molecule has 0 bridgehead atoms. The molecule has 0 aromatic carbocycles. The first kappa shape index (κ1) is 11.9. The van der Waals surface area contributed by atoms with Crippen molar-refractivity contribution in [2.24, 2.45) is 17.8 Å². The van der Waals surface area contributed by atoms with Gasteiger partial charge in [0.1, 0.15) is 6.04 Å². The van der Waals surface area contributed by atoms with Crippen molar-refractivity contribution in [2.45, 2.75) is 58.0 Å². The van der Waals surface area contributed by atoms with Gasteiger partial charge in [-0.05, 0) is 37.0 Å². The van der Waals surface area contributed by atoms with Gasteiger partial charge in [-0.3, -0.25) is 4.79 Å². The molecule has 4 unspecified atom stereocenters. The highest BCUT2D eigenvalue weighted by molar-refractivity contribution is 5.74. The van der Waals surface area contributed by atoms with Crippen LogP contribution < -0.4 is 5.32 Å². The standard InChI is InChI=1S/C13H23NO2/c1-8-4-3-5-11(9(8)2)14-12(13(15)16)10-6-7-10/h8-12,14H,3-7H2,1-2H3,(H,15,16). The molecule has 0 spiro atoms. The van der Waals surface area contributed by atoms with Crippen molar-refractivity contribution in [2.75, 3.05) is 0 Å². The molecule has 3 heteroatoms. The normalized spacial score (nSPS) is 37.0. The predicted octanol–water partition coefficient (Wildman–Crippen LogP) is 2.26. The topological polar surface area (TPSA) is 49.3 Å². The molecule has 4 atom stereocenters. The number of carboxylic acid groups (broad SMARTS) is 1. The summed E-state index contributed by atoms with van der Waals surface area (Å²) in [5, 5.41) is 12.6. The van der Waals surface area contributed by atoms with Crippen LogP contribution in [0.2, 0.25) is 0 Å². The highest BCUT2D eigenvalue weighted by Crippen LogP contribution is 2.35. The van der Waals surface area contributed by atoms with E-state index in [0.717, 1.165) is 25.2 Å². The average Bonchev–Trinajstić information content (AvgIpc) is 3.03. The second kappa shape index (κ2) is 4.74. The second-order valence-electron chi connectivity index (χ2n) is 5.69. The van der Waals surface area contributed by atoms with Crippen LogP contribution in [0.1, 0.15) is 46.0 Å². The zero-order valence-corrected chi connectivity index (χ0v) is 10.3. The SMILES string of the molecule is CC1CCCC(NC(C(=O)O)C2CC2)C1C. The quantitative estimate of drug-likeness (QED) is 0.771. The van der Waals surface area contributed by atoms with Crippen molar-refractivity contribution in [3.8, 4) is 0 Å². The number of carbonyl (C=O) groups is 1. The first-order chi connectivity index (χ1) is 7.59. The Hall–Kier alpha value is -0.570. The summed E-state index contributed by atoms with van der Waals surface area (Å²) >= 11 is 0. The van der Waals surface area contributed by atoms with Gasteiger partial charge in [-0.15, -0.1) is 0 Å². The zero-order chi connectivity index (χ0) is 11.7. The molecule has 3 nitrogen and oxygen atoms in total. The number of aliphatic carboxylic acids is 1. The summed E-state index contributed by atoms with van der Waals surface area (Å²) in [5.41, 5.74) is 0. The van der Waals surface area contributed by atoms with Crippen molar-refractivity contribution in [1.29, 1.82) is 0 Å². The van der Waals surface area contributed by atoms with Crippen LogP contribution in [0.5, 0.6) is 0 Å². The molecule has 0 aromatic heterocycles. The van der Waals surface area contributed by atoms with Gasteiger partial charge in [0, 0.05) is 6.04 Å². The molecule has 0 amide bonds. The second-order valence-corrected chi connectivity index (χ2v) is 5.69. The Morgan fingerprint density at radius 1 is 1.25 bits per heavy atom. The van der Waals surface area contributed by atoms with Crippen LogP contribution in [0.15, 0.2) is 0 Å². The average molecular weight is 225 g/mol. The van der Waals surface area contributed by atoms with Gasteiger partial charge in [0.05, 0.1) is 0 Å². The van der Waals surface area contributed by atoms with Gasteiger partial charge >= 0.3 is 5.97 Å². The van der Waals surface area contributed by atoms with E-state index in [1.165, 1.54) is 12.8 Å². The third-order valence-electron chi connectivity index (χ3n) is 4.46. The molecule has 0 radical (unpaired) electrons. The van der Waals surface area contributed by atoms with Crippen molar-refractivity contribution in [3.05, 3.63) is 0 Å². The Balaban J connectivity index is 1.93. The summed E-state index contributed by atoms with van der Waals surface area (Å²) in [4.78, 5) is 11.2. The fourth-order valence-electron chi connectivity index (χ4n) is 2.89. The smallest absolute Gasteiger partial charge is 0.320 e. The van der Waals surface area contributed by atoms with Gasteiger partial charge in [-0.25, -0.2) is 0 Å². The minimum Gasteiger partial charge on any atom is -0.480 e. The Morgan fingerprint density at radius 2 is 1.94 bits per heavy atom. The monoisotopic (exact) mass is 225 g/mol. The lowest BCUT2D eigenvalue weighted by atomic mass is 9.77. The molecule has 2 aliphatic carbocycles. The Bertz CT molecular complexity index is 263. The Morgan fingerprint density at radius 3 is 2.50 bits per heavy atom. The molecule has 2 aliphatic rings. The molecule has 0 aromatic rings. The Kier molecular flexibility index (Phi) is 3.53. The number of hydrogen-bond acceptors (Lipinski definition) is 2. The highest BCUT2D eigenvalue weighted by Gasteiger charge is 2.39. The first-order valence-electron chi connectivity index (χ1n) is 6.58. The van der Waals surface area contributed by atoms with Gasteiger partial charge in [-0.1, -0.05) is 26.7 Å². The molecular formula is C13H23NO2. The van der Waals surface area contributed by atoms with Crippen molar-refractivity contribution < 1.29 is 9.90 Å². The lowest BCUT2D eigenvalue weighted by Gasteiger charge is -2.36. The van der Waals surface area contributed by atoms with Crippen LogP contribution in [0.4, 0.5) is 0 Å². The first-order valence-corrected chi connectivity index (χ1v) is 6.58. The zero-order valence-electron chi connectivity index (χ0n) is 10.3. The highest BCUT2D eigenvalue weighted by atomic mass is 16.4. The third-order valence-corrected chi connectivity index (χ3v) is 4.46. The van der Waals surface area contributed by atoms with Crippen molar-refractivity contribution in [1.82, 2.24) is 5.32 Å². The van der Waals surface area contributed by atoms with E-state index in [9.17, 15) is 9.90 Å². The lowest BCUT2D eigenvalue weighted by Crippen LogP contribution is -2.49. The van der Waals surface area contributed by atoms with Crippen LogP contribution in [-0.4, -0.2) is 23.2 Å². The summed E-state index contributed by atoms with van der Waals surface area (Å²) in [6, 6.07) is 0.114. The van der Waals surface area contributed by atoms with Gasteiger partial charge in [0.25, 0.3) is 0 Å². The van der Waals surface area contributed by atoms with Gasteiger partial charge in [0.15, 0.2) is 0 Å². The summed E-state index contributed by atoms with van der Waals surface area (Å²) in [5.74, 6) is 1.06. The van der Waals surface area contributed by atoms with Crippen LogP contribution in [0, 0.1) is 17.8 Å². The maximum atomic E-state index is 11.2. The van der Waals surface area contributed by atoms with Crippen LogP contribution >= 0.6 is 0 Å². The molecule has 2 fully saturated rings.